The highest BCUT2D eigenvalue weighted by molar-refractivity contribution is 5.30. The third-order valence-corrected chi connectivity index (χ3v) is 5.67. The highest BCUT2D eigenvalue weighted by Gasteiger charge is 2.24. The summed E-state index contributed by atoms with van der Waals surface area (Å²) in [6, 6.07) is 14.8. The Bertz CT molecular complexity index is 949. The molecule has 0 radical (unpaired) electrons. The van der Waals surface area contributed by atoms with Gasteiger partial charge in [-0.1, -0.05) is 30.3 Å². The van der Waals surface area contributed by atoms with Gasteiger partial charge in [-0.2, -0.15) is 5.10 Å². The van der Waals surface area contributed by atoms with Crippen LogP contribution in [0.25, 0.3) is 0 Å². The van der Waals surface area contributed by atoms with E-state index in [1.54, 1.807) is 0 Å². The van der Waals surface area contributed by atoms with Gasteiger partial charge in [0.05, 0.1) is 18.5 Å². The first-order chi connectivity index (χ1) is 13.6. The van der Waals surface area contributed by atoms with Gasteiger partial charge in [-0.05, 0) is 37.1 Å². The van der Waals surface area contributed by atoms with Gasteiger partial charge < -0.3 is 4.74 Å². The van der Waals surface area contributed by atoms with Crippen LogP contribution in [0.15, 0.2) is 48.7 Å². The van der Waals surface area contributed by atoms with Crippen LogP contribution in [0.5, 0.6) is 0 Å². The topological polar surface area (TPSA) is 43.2 Å². The van der Waals surface area contributed by atoms with Crippen molar-refractivity contribution in [3.63, 3.8) is 0 Å². The average molecular weight is 377 g/mol. The molecular formula is C23H28N4O. The molecule has 1 fully saturated rings. The Balaban J connectivity index is 1.46. The molecule has 3 heterocycles. The van der Waals surface area contributed by atoms with E-state index < -0.39 is 0 Å². The van der Waals surface area contributed by atoms with E-state index in [2.05, 4.69) is 66.3 Å². The Kier molecular flexibility index (Phi) is 5.55. The molecule has 28 heavy (non-hydrogen) atoms. The van der Waals surface area contributed by atoms with Crippen LogP contribution in [-0.4, -0.2) is 39.4 Å². The fraction of sp³-hybridized carbons (Fsp3) is 0.391. The molecule has 4 rings (SSSR count). The normalized spacial score (nSPS) is 17.8. The number of nitrogens with zero attached hydrogens (tertiary/aromatic N) is 4. The monoisotopic (exact) mass is 376 g/mol. The number of aryl methyl sites for hydroxylation is 2. The second-order valence-electron chi connectivity index (χ2n) is 7.63. The number of morpholine rings is 1. The first-order valence-electron chi connectivity index (χ1n) is 9.92. The van der Waals surface area contributed by atoms with E-state index >= 15 is 0 Å². The van der Waals surface area contributed by atoms with E-state index in [0.29, 0.717) is 0 Å². The molecule has 0 bridgehead atoms. The van der Waals surface area contributed by atoms with Crippen LogP contribution in [0.3, 0.4) is 0 Å². The van der Waals surface area contributed by atoms with E-state index in [9.17, 15) is 0 Å². The summed E-state index contributed by atoms with van der Waals surface area (Å²) in [7, 11) is 1.99. The van der Waals surface area contributed by atoms with Crippen LogP contribution in [0.1, 0.15) is 39.9 Å². The lowest BCUT2D eigenvalue weighted by Gasteiger charge is -2.32. The summed E-state index contributed by atoms with van der Waals surface area (Å²) in [6.45, 7) is 7.71. The van der Waals surface area contributed by atoms with Crippen molar-refractivity contribution in [1.82, 2.24) is 19.7 Å². The van der Waals surface area contributed by atoms with E-state index in [-0.39, 0.29) is 6.10 Å². The van der Waals surface area contributed by atoms with Gasteiger partial charge in [0.1, 0.15) is 6.10 Å². The van der Waals surface area contributed by atoms with Gasteiger partial charge in [-0.3, -0.25) is 14.6 Å². The summed E-state index contributed by atoms with van der Waals surface area (Å²) in [6.07, 6.45) is 2.84. The molecule has 146 valence electrons. The number of ether oxygens (including phenoxy) is 1. The first kappa shape index (κ1) is 18.8. The average Bonchev–Trinajstić information content (AvgIpc) is 3.02. The molecule has 0 N–H and O–H groups in total. The molecule has 2 aromatic heterocycles. The van der Waals surface area contributed by atoms with Gasteiger partial charge in [0.25, 0.3) is 0 Å². The van der Waals surface area contributed by atoms with E-state index in [0.717, 1.165) is 44.0 Å². The van der Waals surface area contributed by atoms with Crippen molar-refractivity contribution in [1.29, 1.82) is 0 Å². The fourth-order valence-electron chi connectivity index (χ4n) is 3.74. The maximum Gasteiger partial charge on any atom is 0.112 e. The zero-order valence-corrected chi connectivity index (χ0v) is 16.9. The second kappa shape index (κ2) is 8.25. The van der Waals surface area contributed by atoms with E-state index in [1.165, 1.54) is 22.4 Å². The lowest BCUT2D eigenvalue weighted by atomic mass is 10.0. The summed E-state index contributed by atoms with van der Waals surface area (Å²) in [5.41, 5.74) is 7.26. The van der Waals surface area contributed by atoms with Crippen LogP contribution < -0.4 is 0 Å². The Labute approximate surface area is 167 Å². The molecule has 1 atom stereocenters. The maximum atomic E-state index is 6.07. The minimum absolute atomic E-state index is 0.0162. The molecule has 3 aromatic rings. The van der Waals surface area contributed by atoms with Crippen LogP contribution >= 0.6 is 0 Å². The molecule has 0 aliphatic carbocycles. The van der Waals surface area contributed by atoms with Crippen molar-refractivity contribution >= 4 is 0 Å². The predicted molar refractivity (Wildman–Crippen MR) is 110 cm³/mol. The zero-order valence-electron chi connectivity index (χ0n) is 16.9. The molecule has 1 aromatic carbocycles. The molecule has 0 spiro atoms. The van der Waals surface area contributed by atoms with Gasteiger partial charge in [-0.25, -0.2) is 0 Å². The molecular weight excluding hydrogens is 348 g/mol. The predicted octanol–water partition coefficient (Wildman–Crippen LogP) is 3.60. The van der Waals surface area contributed by atoms with Crippen LogP contribution in [0.2, 0.25) is 0 Å². The summed E-state index contributed by atoms with van der Waals surface area (Å²) >= 11 is 0. The molecule has 1 aliphatic rings. The largest absolute Gasteiger partial charge is 0.369 e. The van der Waals surface area contributed by atoms with Crippen LogP contribution in [0, 0.1) is 13.8 Å². The Hall–Kier alpha value is -2.50. The molecule has 1 aliphatic heterocycles. The van der Waals surface area contributed by atoms with Crippen molar-refractivity contribution < 1.29 is 4.74 Å². The van der Waals surface area contributed by atoms with Crippen molar-refractivity contribution in [2.45, 2.75) is 32.9 Å². The molecule has 0 saturated carbocycles. The second-order valence-corrected chi connectivity index (χ2v) is 7.63. The number of rotatable bonds is 5. The fourth-order valence-corrected chi connectivity index (χ4v) is 3.74. The zero-order chi connectivity index (χ0) is 19.5. The molecule has 0 amide bonds. The summed E-state index contributed by atoms with van der Waals surface area (Å²) in [5.74, 6) is 0. The quantitative estimate of drug-likeness (QED) is 0.682. The Morgan fingerprint density at radius 2 is 1.93 bits per heavy atom. The lowest BCUT2D eigenvalue weighted by Crippen LogP contribution is -2.38. The number of pyridine rings is 1. The standard InChI is InChI=1S/C23H28N4O/c1-17-7-4-5-8-19(17)13-21-9-6-10-22(25-21)23-16-27(11-12-28-23)15-20-14-24-26(3)18(20)2/h4-10,14,23H,11-13,15-16H2,1-3H3/t23-/m1/s1. The molecule has 1 saturated heterocycles. The highest BCUT2D eigenvalue weighted by Crippen LogP contribution is 2.23. The third-order valence-electron chi connectivity index (χ3n) is 5.67. The van der Waals surface area contributed by atoms with Gasteiger partial charge >= 0.3 is 0 Å². The van der Waals surface area contributed by atoms with Crippen molar-refractivity contribution in [3.8, 4) is 0 Å². The number of hydrogen-bond donors (Lipinski definition) is 0. The van der Waals surface area contributed by atoms with Crippen molar-refractivity contribution in [3.05, 3.63) is 82.4 Å². The summed E-state index contributed by atoms with van der Waals surface area (Å²) < 4.78 is 8.01. The lowest BCUT2D eigenvalue weighted by molar-refractivity contribution is -0.0351. The third kappa shape index (κ3) is 4.16. The minimum Gasteiger partial charge on any atom is -0.369 e. The van der Waals surface area contributed by atoms with Gasteiger partial charge in [0, 0.05) is 50.1 Å². The van der Waals surface area contributed by atoms with Gasteiger partial charge in [-0.15, -0.1) is 0 Å². The Morgan fingerprint density at radius 3 is 2.71 bits per heavy atom. The molecule has 5 nitrogen and oxygen atoms in total. The maximum absolute atomic E-state index is 6.07. The van der Waals surface area contributed by atoms with Gasteiger partial charge in [0.15, 0.2) is 0 Å². The van der Waals surface area contributed by atoms with E-state index in [4.69, 9.17) is 9.72 Å². The molecule has 0 unspecified atom stereocenters. The van der Waals surface area contributed by atoms with Gasteiger partial charge in [0.2, 0.25) is 0 Å². The SMILES string of the molecule is Cc1ccccc1Cc1cccc([C@H]2CN(Cc3cnn(C)c3C)CCO2)n1. The highest BCUT2D eigenvalue weighted by atomic mass is 16.5. The smallest absolute Gasteiger partial charge is 0.112 e. The minimum atomic E-state index is 0.0162. The van der Waals surface area contributed by atoms with Crippen molar-refractivity contribution in [2.75, 3.05) is 19.7 Å². The van der Waals surface area contributed by atoms with Crippen LogP contribution in [0.4, 0.5) is 0 Å². The van der Waals surface area contributed by atoms with Crippen molar-refractivity contribution in [2.24, 2.45) is 7.05 Å². The number of benzene rings is 1. The Morgan fingerprint density at radius 1 is 1.07 bits per heavy atom. The number of hydrogen-bond acceptors (Lipinski definition) is 4. The summed E-state index contributed by atoms with van der Waals surface area (Å²) in [5, 5.41) is 4.36. The number of aromatic nitrogens is 3. The summed E-state index contributed by atoms with van der Waals surface area (Å²) in [4.78, 5) is 7.37. The van der Waals surface area contributed by atoms with Crippen LogP contribution in [-0.2, 0) is 24.8 Å². The first-order valence-corrected chi connectivity index (χ1v) is 9.92. The molecule has 5 heteroatoms. The van der Waals surface area contributed by atoms with E-state index in [1.807, 2.05) is 17.9 Å².